The van der Waals surface area contributed by atoms with Gasteiger partial charge in [-0.05, 0) is 47.9 Å². The van der Waals surface area contributed by atoms with E-state index >= 15 is 0 Å². The fourth-order valence-corrected chi connectivity index (χ4v) is 2.96. The molecule has 0 saturated carbocycles. The number of aromatic nitrogens is 2. The van der Waals surface area contributed by atoms with Crippen molar-refractivity contribution in [2.24, 2.45) is 0 Å². The predicted octanol–water partition coefficient (Wildman–Crippen LogP) is 3.01. The van der Waals surface area contributed by atoms with E-state index in [-0.39, 0.29) is 5.69 Å². The average Bonchev–Trinajstić information content (AvgIpc) is 2.75. The molecule has 1 heterocycles. The van der Waals surface area contributed by atoms with Crippen molar-refractivity contribution >= 4 is 27.0 Å². The van der Waals surface area contributed by atoms with Crippen molar-refractivity contribution in [3.05, 3.63) is 68.0 Å². The van der Waals surface area contributed by atoms with Crippen LogP contribution >= 0.6 is 15.9 Å². The Kier molecular flexibility index (Phi) is 3.23. The van der Waals surface area contributed by atoms with Gasteiger partial charge in [-0.15, -0.1) is 0 Å². The number of aliphatic hydroxyl groups is 1. The fourth-order valence-electron chi connectivity index (χ4n) is 2.34. The molecule has 4 nitrogen and oxygen atoms in total. The highest BCUT2D eigenvalue weighted by atomic mass is 79.9. The Balaban J connectivity index is 2.06. The van der Waals surface area contributed by atoms with Crippen molar-refractivity contribution in [2.45, 2.75) is 13.0 Å². The molecule has 1 atom stereocenters. The van der Waals surface area contributed by atoms with Gasteiger partial charge in [0.15, 0.2) is 0 Å². The lowest BCUT2D eigenvalue weighted by molar-refractivity contribution is 0.220. The molecule has 0 saturated heterocycles. The molecule has 0 aliphatic heterocycles. The van der Waals surface area contributed by atoms with E-state index in [2.05, 4.69) is 25.9 Å². The fraction of sp³-hybridized carbons (Fsp3) is 0.133. The predicted molar refractivity (Wildman–Crippen MR) is 81.9 cm³/mol. The number of H-pyrrole nitrogens is 2. The normalized spacial score (nSPS) is 12.8. The zero-order valence-electron chi connectivity index (χ0n) is 10.8. The van der Waals surface area contributed by atoms with Crippen molar-refractivity contribution in [1.82, 2.24) is 9.97 Å². The first-order valence-electron chi connectivity index (χ1n) is 6.20. The number of fused-ring (bicyclic) bond motifs is 1. The molecule has 1 unspecified atom stereocenters. The number of hydrogen-bond acceptors (Lipinski definition) is 2. The van der Waals surface area contributed by atoms with Crippen LogP contribution in [0.5, 0.6) is 0 Å². The molecule has 0 radical (unpaired) electrons. The Labute approximate surface area is 123 Å². The average molecular weight is 333 g/mol. The van der Waals surface area contributed by atoms with Gasteiger partial charge in [-0.1, -0.05) is 28.1 Å². The minimum Gasteiger partial charge on any atom is -0.384 e. The molecule has 0 aliphatic rings. The maximum atomic E-state index is 11.2. The van der Waals surface area contributed by atoms with Crippen LogP contribution in [0.25, 0.3) is 11.0 Å². The van der Waals surface area contributed by atoms with Crippen molar-refractivity contribution in [2.75, 3.05) is 0 Å². The second-order valence-corrected chi connectivity index (χ2v) is 5.76. The van der Waals surface area contributed by atoms with Crippen LogP contribution in [0.3, 0.4) is 0 Å². The molecule has 2 aromatic carbocycles. The molecule has 1 aromatic heterocycles. The van der Waals surface area contributed by atoms with E-state index in [0.29, 0.717) is 5.52 Å². The Morgan fingerprint density at radius 3 is 2.55 bits per heavy atom. The lowest BCUT2D eigenvalue weighted by Gasteiger charge is -2.13. The van der Waals surface area contributed by atoms with Crippen LogP contribution in [-0.2, 0) is 0 Å². The van der Waals surface area contributed by atoms with Gasteiger partial charge in [-0.2, -0.15) is 0 Å². The van der Waals surface area contributed by atoms with Crippen molar-refractivity contribution in [3.63, 3.8) is 0 Å². The Hall–Kier alpha value is -1.85. The zero-order valence-corrected chi connectivity index (χ0v) is 12.4. The van der Waals surface area contributed by atoms with Gasteiger partial charge in [0.2, 0.25) is 0 Å². The summed E-state index contributed by atoms with van der Waals surface area (Å²) in [5.74, 6) is 0. The third-order valence-corrected chi connectivity index (χ3v) is 3.69. The number of halogens is 1. The third kappa shape index (κ3) is 2.42. The lowest BCUT2D eigenvalue weighted by atomic mass is 10.00. The van der Waals surface area contributed by atoms with E-state index in [9.17, 15) is 9.90 Å². The van der Waals surface area contributed by atoms with Crippen LogP contribution in [0.2, 0.25) is 0 Å². The molecule has 3 N–H and O–H groups in total. The van der Waals surface area contributed by atoms with Crippen LogP contribution in [0.4, 0.5) is 0 Å². The molecule has 3 rings (SSSR count). The molecule has 20 heavy (non-hydrogen) atoms. The number of benzene rings is 2. The van der Waals surface area contributed by atoms with Crippen LogP contribution in [0, 0.1) is 6.92 Å². The van der Waals surface area contributed by atoms with E-state index in [1.165, 1.54) is 0 Å². The number of imidazole rings is 1. The summed E-state index contributed by atoms with van der Waals surface area (Å²) >= 11 is 3.43. The molecule has 3 aromatic rings. The van der Waals surface area contributed by atoms with Gasteiger partial charge in [0, 0.05) is 4.47 Å². The maximum absolute atomic E-state index is 11.2. The molecular weight excluding hydrogens is 320 g/mol. The molecule has 5 heteroatoms. The van der Waals surface area contributed by atoms with Crippen LogP contribution in [0.1, 0.15) is 22.8 Å². The Morgan fingerprint density at radius 1 is 1.05 bits per heavy atom. The Bertz CT molecular complexity index is 815. The number of aliphatic hydroxyl groups excluding tert-OH is 1. The van der Waals surface area contributed by atoms with E-state index < -0.39 is 6.10 Å². The highest BCUT2D eigenvalue weighted by molar-refractivity contribution is 9.10. The van der Waals surface area contributed by atoms with Crippen LogP contribution < -0.4 is 5.69 Å². The van der Waals surface area contributed by atoms with Crippen molar-refractivity contribution < 1.29 is 5.11 Å². The van der Waals surface area contributed by atoms with Gasteiger partial charge in [-0.25, -0.2) is 4.79 Å². The van der Waals surface area contributed by atoms with Gasteiger partial charge >= 0.3 is 5.69 Å². The van der Waals surface area contributed by atoms with E-state index in [1.54, 1.807) is 12.1 Å². The highest BCUT2D eigenvalue weighted by Crippen LogP contribution is 2.27. The van der Waals surface area contributed by atoms with Gasteiger partial charge in [0.05, 0.1) is 11.0 Å². The summed E-state index contributed by atoms with van der Waals surface area (Å²) < 4.78 is 0.933. The number of rotatable bonds is 2. The maximum Gasteiger partial charge on any atom is 0.323 e. The number of hydrogen-bond donors (Lipinski definition) is 3. The van der Waals surface area contributed by atoms with E-state index in [4.69, 9.17) is 0 Å². The van der Waals surface area contributed by atoms with Crippen LogP contribution in [-0.4, -0.2) is 15.1 Å². The summed E-state index contributed by atoms with van der Waals surface area (Å²) in [4.78, 5) is 16.6. The first kappa shape index (κ1) is 13.1. The number of nitrogens with one attached hydrogen (secondary N) is 2. The highest BCUT2D eigenvalue weighted by Gasteiger charge is 2.12. The van der Waals surface area contributed by atoms with Gasteiger partial charge in [0.1, 0.15) is 6.10 Å². The summed E-state index contributed by atoms with van der Waals surface area (Å²) in [6.07, 6.45) is -0.728. The zero-order chi connectivity index (χ0) is 14.3. The van der Waals surface area contributed by atoms with Crippen molar-refractivity contribution in [3.8, 4) is 0 Å². The van der Waals surface area contributed by atoms with E-state index in [0.717, 1.165) is 26.7 Å². The second kappa shape index (κ2) is 4.92. The minimum atomic E-state index is -0.728. The second-order valence-electron chi connectivity index (χ2n) is 4.85. The monoisotopic (exact) mass is 332 g/mol. The summed E-state index contributed by atoms with van der Waals surface area (Å²) in [5.41, 5.74) is 3.81. The molecular formula is C15H13BrN2O2. The van der Waals surface area contributed by atoms with Gasteiger partial charge in [0.25, 0.3) is 0 Å². The van der Waals surface area contributed by atoms with Crippen LogP contribution in [0.15, 0.2) is 45.7 Å². The molecule has 0 spiro atoms. The summed E-state index contributed by atoms with van der Waals surface area (Å²) in [7, 11) is 0. The first-order chi connectivity index (χ1) is 9.52. The summed E-state index contributed by atoms with van der Waals surface area (Å²) in [6.45, 7) is 1.98. The van der Waals surface area contributed by atoms with Gasteiger partial charge in [-0.3, -0.25) is 0 Å². The van der Waals surface area contributed by atoms with E-state index in [1.807, 2.05) is 31.2 Å². The summed E-state index contributed by atoms with van der Waals surface area (Å²) in [5, 5.41) is 10.5. The minimum absolute atomic E-state index is 0.245. The molecule has 0 bridgehead atoms. The lowest BCUT2D eigenvalue weighted by Crippen LogP contribution is -2.00. The molecule has 102 valence electrons. The molecule has 0 amide bonds. The van der Waals surface area contributed by atoms with Crippen molar-refractivity contribution in [1.29, 1.82) is 0 Å². The molecule has 0 aliphatic carbocycles. The largest absolute Gasteiger partial charge is 0.384 e. The smallest absolute Gasteiger partial charge is 0.323 e. The summed E-state index contributed by atoms with van der Waals surface area (Å²) in [6, 6.07) is 11.2. The number of aromatic amines is 2. The van der Waals surface area contributed by atoms with Gasteiger partial charge < -0.3 is 15.1 Å². The third-order valence-electron chi connectivity index (χ3n) is 3.24. The Morgan fingerprint density at radius 2 is 1.80 bits per heavy atom. The topological polar surface area (TPSA) is 68.9 Å². The molecule has 0 fully saturated rings. The first-order valence-corrected chi connectivity index (χ1v) is 6.99. The quantitative estimate of drug-likeness (QED) is 0.675. The SMILES string of the molecule is Cc1cc(Br)cc(C(O)c2ccc3[nH]c(=O)[nH]c3c2)c1. The standard InChI is InChI=1S/C15H13BrN2O2/c1-8-4-10(6-11(16)5-8)14(19)9-2-3-12-13(7-9)18-15(20)17-12/h2-7,14,19H,1H3,(H2,17,18,20). The number of aryl methyl sites for hydroxylation is 1.